The second-order valence-electron chi connectivity index (χ2n) is 4.32. The van der Waals surface area contributed by atoms with Crippen LogP contribution in [0.4, 0.5) is 0 Å². The largest absolute Gasteiger partial charge is 0.309 e. The highest BCUT2D eigenvalue weighted by Crippen LogP contribution is 2.06. The minimum Gasteiger partial charge on any atom is -0.309 e. The third-order valence-electron chi connectivity index (χ3n) is 2.51. The molecule has 0 aliphatic heterocycles. The van der Waals surface area contributed by atoms with Gasteiger partial charge in [0.25, 0.3) is 0 Å². The first-order chi connectivity index (χ1) is 7.70. The SMILES string of the molecule is CC(NCCCCN(C)C)c1cnccn1. The van der Waals surface area contributed by atoms with Crippen molar-refractivity contribution in [3.63, 3.8) is 0 Å². The van der Waals surface area contributed by atoms with Crippen LogP contribution < -0.4 is 5.32 Å². The fraction of sp³-hybridized carbons (Fsp3) is 0.667. The zero-order chi connectivity index (χ0) is 11.8. The Balaban J connectivity index is 2.14. The predicted molar refractivity (Wildman–Crippen MR) is 66.2 cm³/mol. The van der Waals surface area contributed by atoms with Crippen molar-refractivity contribution < 1.29 is 0 Å². The van der Waals surface area contributed by atoms with E-state index in [0.29, 0.717) is 0 Å². The topological polar surface area (TPSA) is 41.0 Å². The fourth-order valence-corrected chi connectivity index (χ4v) is 1.51. The average molecular weight is 222 g/mol. The van der Waals surface area contributed by atoms with E-state index < -0.39 is 0 Å². The van der Waals surface area contributed by atoms with Crippen LogP contribution in [-0.4, -0.2) is 42.1 Å². The Kier molecular flexibility index (Phi) is 5.96. The lowest BCUT2D eigenvalue weighted by atomic mass is 10.2. The van der Waals surface area contributed by atoms with E-state index in [1.807, 2.05) is 6.20 Å². The lowest BCUT2D eigenvalue weighted by Crippen LogP contribution is -2.22. The molecule has 0 aliphatic rings. The van der Waals surface area contributed by atoms with Crippen LogP contribution in [0.2, 0.25) is 0 Å². The van der Waals surface area contributed by atoms with Crippen LogP contribution >= 0.6 is 0 Å². The Morgan fingerprint density at radius 2 is 2.12 bits per heavy atom. The Labute approximate surface area is 98.1 Å². The number of hydrogen-bond acceptors (Lipinski definition) is 4. The van der Waals surface area contributed by atoms with E-state index in [1.54, 1.807) is 12.4 Å². The molecule has 1 heterocycles. The highest BCUT2D eigenvalue weighted by atomic mass is 15.0. The van der Waals surface area contributed by atoms with Crippen LogP contribution in [0.15, 0.2) is 18.6 Å². The Morgan fingerprint density at radius 3 is 2.75 bits per heavy atom. The van der Waals surface area contributed by atoms with E-state index in [0.717, 1.165) is 18.8 Å². The zero-order valence-electron chi connectivity index (χ0n) is 10.5. The molecular weight excluding hydrogens is 200 g/mol. The molecular formula is C12H22N4. The Bertz CT molecular complexity index is 274. The number of nitrogens with zero attached hydrogens (tertiary/aromatic N) is 3. The van der Waals surface area contributed by atoms with Crippen LogP contribution in [0.25, 0.3) is 0 Å². The highest BCUT2D eigenvalue weighted by molar-refractivity contribution is 5.00. The number of aromatic nitrogens is 2. The smallest absolute Gasteiger partial charge is 0.0753 e. The first kappa shape index (κ1) is 13.1. The van der Waals surface area contributed by atoms with Crippen molar-refractivity contribution >= 4 is 0 Å². The molecule has 0 spiro atoms. The second kappa shape index (κ2) is 7.30. The van der Waals surface area contributed by atoms with E-state index in [-0.39, 0.29) is 6.04 Å². The molecule has 0 saturated carbocycles. The summed E-state index contributed by atoms with van der Waals surface area (Å²) in [7, 11) is 4.21. The van der Waals surface area contributed by atoms with E-state index in [1.165, 1.54) is 12.8 Å². The van der Waals surface area contributed by atoms with Crippen LogP contribution in [-0.2, 0) is 0 Å². The monoisotopic (exact) mass is 222 g/mol. The summed E-state index contributed by atoms with van der Waals surface area (Å²) < 4.78 is 0. The summed E-state index contributed by atoms with van der Waals surface area (Å²) in [4.78, 5) is 10.6. The van der Waals surface area contributed by atoms with Gasteiger partial charge in [0.1, 0.15) is 0 Å². The standard InChI is InChI=1S/C12H22N4/c1-11(12-10-13-7-8-15-12)14-6-4-5-9-16(2)3/h7-8,10-11,14H,4-6,9H2,1-3H3. The molecule has 16 heavy (non-hydrogen) atoms. The minimum atomic E-state index is 0.285. The summed E-state index contributed by atoms with van der Waals surface area (Å²) in [6, 6.07) is 0.285. The molecule has 0 radical (unpaired) electrons. The van der Waals surface area contributed by atoms with Gasteiger partial charge in [-0.2, -0.15) is 0 Å². The molecule has 1 rings (SSSR count). The van der Waals surface area contributed by atoms with Gasteiger partial charge in [0.15, 0.2) is 0 Å². The van der Waals surface area contributed by atoms with Gasteiger partial charge in [0.05, 0.1) is 5.69 Å². The molecule has 0 amide bonds. The lowest BCUT2D eigenvalue weighted by Gasteiger charge is -2.13. The van der Waals surface area contributed by atoms with Crippen molar-refractivity contribution in [1.29, 1.82) is 0 Å². The highest BCUT2D eigenvalue weighted by Gasteiger charge is 2.04. The van der Waals surface area contributed by atoms with Gasteiger partial charge in [-0.3, -0.25) is 9.97 Å². The first-order valence-electron chi connectivity index (χ1n) is 5.84. The number of hydrogen-bond donors (Lipinski definition) is 1. The third kappa shape index (κ3) is 5.19. The van der Waals surface area contributed by atoms with Crippen molar-refractivity contribution in [3.8, 4) is 0 Å². The Morgan fingerprint density at radius 1 is 1.31 bits per heavy atom. The van der Waals surface area contributed by atoms with Crippen LogP contribution in [0.3, 0.4) is 0 Å². The van der Waals surface area contributed by atoms with Crippen molar-refractivity contribution in [2.45, 2.75) is 25.8 Å². The molecule has 1 atom stereocenters. The molecule has 0 saturated heterocycles. The minimum absolute atomic E-state index is 0.285. The quantitative estimate of drug-likeness (QED) is 0.709. The van der Waals surface area contributed by atoms with Gasteiger partial charge >= 0.3 is 0 Å². The summed E-state index contributed by atoms with van der Waals surface area (Å²) in [5, 5.41) is 3.45. The van der Waals surface area contributed by atoms with E-state index in [9.17, 15) is 0 Å². The van der Waals surface area contributed by atoms with Crippen LogP contribution in [0.1, 0.15) is 31.5 Å². The summed E-state index contributed by atoms with van der Waals surface area (Å²) in [5.41, 5.74) is 1.01. The van der Waals surface area contributed by atoms with Crippen molar-refractivity contribution in [3.05, 3.63) is 24.3 Å². The third-order valence-corrected chi connectivity index (χ3v) is 2.51. The van der Waals surface area contributed by atoms with Crippen molar-refractivity contribution in [1.82, 2.24) is 20.2 Å². The number of rotatable bonds is 7. The molecule has 1 N–H and O–H groups in total. The van der Waals surface area contributed by atoms with Crippen molar-refractivity contribution in [2.24, 2.45) is 0 Å². The lowest BCUT2D eigenvalue weighted by molar-refractivity contribution is 0.388. The summed E-state index contributed by atoms with van der Waals surface area (Å²) in [6.45, 7) is 4.31. The molecule has 0 aromatic carbocycles. The van der Waals surface area contributed by atoms with Gasteiger partial charge in [0.2, 0.25) is 0 Å². The average Bonchev–Trinajstić information content (AvgIpc) is 2.29. The van der Waals surface area contributed by atoms with Gasteiger partial charge in [-0.25, -0.2) is 0 Å². The molecule has 4 heteroatoms. The normalized spacial score (nSPS) is 13.0. The van der Waals surface area contributed by atoms with Crippen LogP contribution in [0, 0.1) is 0 Å². The van der Waals surface area contributed by atoms with Gasteiger partial charge in [-0.15, -0.1) is 0 Å². The summed E-state index contributed by atoms with van der Waals surface area (Å²) in [6.07, 6.45) is 7.68. The maximum absolute atomic E-state index is 4.27. The first-order valence-corrected chi connectivity index (χ1v) is 5.84. The van der Waals surface area contributed by atoms with E-state index >= 15 is 0 Å². The molecule has 1 aromatic rings. The van der Waals surface area contributed by atoms with Gasteiger partial charge in [-0.05, 0) is 47.0 Å². The molecule has 1 unspecified atom stereocenters. The summed E-state index contributed by atoms with van der Waals surface area (Å²) >= 11 is 0. The zero-order valence-corrected chi connectivity index (χ0v) is 10.5. The molecule has 1 aromatic heterocycles. The van der Waals surface area contributed by atoms with Crippen molar-refractivity contribution in [2.75, 3.05) is 27.2 Å². The molecule has 0 aliphatic carbocycles. The van der Waals surface area contributed by atoms with Gasteiger partial charge < -0.3 is 10.2 Å². The fourth-order valence-electron chi connectivity index (χ4n) is 1.51. The van der Waals surface area contributed by atoms with Gasteiger partial charge in [0, 0.05) is 24.6 Å². The maximum atomic E-state index is 4.27. The molecule has 0 fully saturated rings. The maximum Gasteiger partial charge on any atom is 0.0753 e. The Hall–Kier alpha value is -1.00. The summed E-state index contributed by atoms with van der Waals surface area (Å²) in [5.74, 6) is 0. The number of nitrogens with one attached hydrogen (secondary N) is 1. The van der Waals surface area contributed by atoms with E-state index in [2.05, 4.69) is 41.2 Å². The van der Waals surface area contributed by atoms with E-state index in [4.69, 9.17) is 0 Å². The second-order valence-corrected chi connectivity index (χ2v) is 4.32. The molecule has 4 nitrogen and oxygen atoms in total. The molecule has 90 valence electrons. The number of unbranched alkanes of at least 4 members (excludes halogenated alkanes) is 1. The van der Waals surface area contributed by atoms with Gasteiger partial charge in [-0.1, -0.05) is 0 Å². The van der Waals surface area contributed by atoms with Crippen LogP contribution in [0.5, 0.6) is 0 Å². The molecule has 0 bridgehead atoms. The predicted octanol–water partition coefficient (Wildman–Crippen LogP) is 1.47.